The summed E-state index contributed by atoms with van der Waals surface area (Å²) in [4.78, 5) is 12.9. The maximum absolute atomic E-state index is 12.9. The van der Waals surface area contributed by atoms with Gasteiger partial charge in [0.05, 0.1) is 30.8 Å². The molecule has 5 atom stereocenters. The number of fused-ring (bicyclic) bond motifs is 3. The zero-order chi connectivity index (χ0) is 24.0. The highest BCUT2D eigenvalue weighted by Gasteiger charge is 2.44. The van der Waals surface area contributed by atoms with Crippen LogP contribution in [0.1, 0.15) is 0 Å². The van der Waals surface area contributed by atoms with E-state index in [2.05, 4.69) is 0 Å². The van der Waals surface area contributed by atoms with E-state index in [-0.39, 0.29) is 16.9 Å². The van der Waals surface area contributed by atoms with Crippen LogP contribution in [0.2, 0.25) is 0 Å². The summed E-state index contributed by atoms with van der Waals surface area (Å²) in [5, 5.41) is 40.4. The number of hydrogen-bond acceptors (Lipinski definition) is 10. The van der Waals surface area contributed by atoms with Crippen LogP contribution in [0.15, 0.2) is 62.4 Å². The van der Waals surface area contributed by atoms with Crippen LogP contribution in [0.25, 0.3) is 33.3 Å². The number of methoxy groups -OCH3 is 1. The summed E-state index contributed by atoms with van der Waals surface area (Å²) < 4.78 is 27.9. The van der Waals surface area contributed by atoms with Gasteiger partial charge in [-0.05, 0) is 24.3 Å². The minimum atomic E-state index is -1.56. The average molecular weight is 470 g/mol. The van der Waals surface area contributed by atoms with Gasteiger partial charge in [-0.3, -0.25) is 4.79 Å². The van der Waals surface area contributed by atoms with Crippen molar-refractivity contribution >= 4 is 21.9 Å². The van der Waals surface area contributed by atoms with Crippen molar-refractivity contribution in [1.29, 1.82) is 0 Å². The molecule has 0 aliphatic carbocycles. The van der Waals surface area contributed by atoms with Gasteiger partial charge in [0.25, 0.3) is 0 Å². The number of ether oxygens (including phenoxy) is 3. The van der Waals surface area contributed by atoms with Crippen LogP contribution in [0, 0.1) is 0 Å². The van der Waals surface area contributed by atoms with E-state index in [1.807, 2.05) is 0 Å². The summed E-state index contributed by atoms with van der Waals surface area (Å²) in [6, 6.07) is 11.1. The van der Waals surface area contributed by atoms with Crippen LogP contribution in [-0.2, 0) is 4.74 Å². The van der Waals surface area contributed by atoms with Crippen LogP contribution in [0.5, 0.6) is 11.5 Å². The minimum Gasteiger partial charge on any atom is -0.493 e. The third-order valence-electron chi connectivity index (χ3n) is 5.83. The average Bonchev–Trinajstić information content (AvgIpc) is 3.34. The number of furan rings is 1. The molecular weight excluding hydrogens is 448 g/mol. The monoisotopic (exact) mass is 470 g/mol. The Labute approximate surface area is 192 Å². The lowest BCUT2D eigenvalue weighted by Gasteiger charge is -2.39. The highest BCUT2D eigenvalue weighted by atomic mass is 16.7. The van der Waals surface area contributed by atoms with E-state index < -0.39 is 37.3 Å². The van der Waals surface area contributed by atoms with Gasteiger partial charge in [-0.2, -0.15) is 0 Å². The molecule has 0 spiro atoms. The lowest BCUT2D eigenvalue weighted by Crippen LogP contribution is -2.60. The van der Waals surface area contributed by atoms with E-state index in [1.54, 1.807) is 36.4 Å². The molecule has 34 heavy (non-hydrogen) atoms. The molecule has 1 aliphatic heterocycles. The molecule has 1 fully saturated rings. The van der Waals surface area contributed by atoms with Crippen LogP contribution in [0.4, 0.5) is 0 Å². The Balaban J connectivity index is 1.51. The summed E-state index contributed by atoms with van der Waals surface area (Å²) in [5.74, 6) is 0.930. The highest BCUT2D eigenvalue weighted by Crippen LogP contribution is 2.35. The molecule has 1 saturated heterocycles. The first-order valence-corrected chi connectivity index (χ1v) is 10.5. The van der Waals surface area contributed by atoms with Crippen LogP contribution < -0.4 is 14.9 Å². The number of benzene rings is 2. The van der Waals surface area contributed by atoms with E-state index in [0.29, 0.717) is 33.3 Å². The van der Waals surface area contributed by atoms with Crippen molar-refractivity contribution in [3.8, 4) is 22.8 Å². The lowest BCUT2D eigenvalue weighted by molar-refractivity contribution is -0.277. The van der Waals surface area contributed by atoms with Crippen molar-refractivity contribution < 1.29 is 43.5 Å². The molecule has 2 aromatic heterocycles. The van der Waals surface area contributed by atoms with Gasteiger partial charge in [-0.1, -0.05) is 12.1 Å². The predicted octanol–water partition coefficient (Wildman–Crippen LogP) is 1.39. The number of rotatable bonds is 5. The molecule has 0 bridgehead atoms. The molecule has 0 radical (unpaired) electrons. The van der Waals surface area contributed by atoms with Crippen molar-refractivity contribution in [2.24, 2.45) is 0 Å². The Kier molecular flexibility index (Phi) is 5.76. The molecule has 2 aromatic carbocycles. The number of hydrogen-bond donors (Lipinski definition) is 4. The largest absolute Gasteiger partial charge is 0.493 e. The van der Waals surface area contributed by atoms with E-state index >= 15 is 0 Å². The summed E-state index contributed by atoms with van der Waals surface area (Å²) in [5.41, 5.74) is 1.02. The van der Waals surface area contributed by atoms with Gasteiger partial charge in [0.1, 0.15) is 41.5 Å². The first-order valence-electron chi connectivity index (χ1n) is 10.5. The SMILES string of the molecule is COc1cc2c(=O)cc(-c3cccc(O[C@@H]4O[C@H](CO)[C@@H](O)[C@H](O)[C@H]4O)c3)oc2c2ccoc12. The second-order valence-electron chi connectivity index (χ2n) is 7.94. The first-order chi connectivity index (χ1) is 16.4. The van der Waals surface area contributed by atoms with Crippen molar-refractivity contribution in [2.45, 2.75) is 30.7 Å². The summed E-state index contributed by atoms with van der Waals surface area (Å²) >= 11 is 0. The predicted molar refractivity (Wildman–Crippen MR) is 119 cm³/mol. The van der Waals surface area contributed by atoms with Gasteiger partial charge in [-0.15, -0.1) is 0 Å². The van der Waals surface area contributed by atoms with Crippen LogP contribution in [0.3, 0.4) is 0 Å². The second kappa shape index (κ2) is 8.75. The fourth-order valence-electron chi connectivity index (χ4n) is 4.03. The molecule has 10 nitrogen and oxygen atoms in total. The molecule has 3 heterocycles. The summed E-state index contributed by atoms with van der Waals surface area (Å²) in [6.45, 7) is -0.569. The fourth-order valence-corrected chi connectivity index (χ4v) is 4.03. The molecule has 0 saturated carbocycles. The van der Waals surface area contributed by atoms with Gasteiger partial charge in [-0.25, -0.2) is 0 Å². The highest BCUT2D eigenvalue weighted by molar-refractivity contribution is 6.05. The second-order valence-corrected chi connectivity index (χ2v) is 7.94. The minimum absolute atomic E-state index is 0.243. The van der Waals surface area contributed by atoms with Gasteiger partial charge in [0.15, 0.2) is 16.8 Å². The summed E-state index contributed by atoms with van der Waals surface area (Å²) in [6.07, 6.45) is -5.56. The third kappa shape index (κ3) is 3.71. The molecule has 4 N–H and O–H groups in total. The Bertz CT molecular complexity index is 1390. The fraction of sp³-hybridized carbons (Fsp3) is 0.292. The van der Waals surface area contributed by atoms with Gasteiger partial charge >= 0.3 is 0 Å². The van der Waals surface area contributed by atoms with Crippen LogP contribution in [-0.4, -0.2) is 64.8 Å². The molecule has 10 heteroatoms. The molecule has 0 unspecified atom stereocenters. The van der Waals surface area contributed by atoms with E-state index in [4.69, 9.17) is 23.0 Å². The zero-order valence-electron chi connectivity index (χ0n) is 18.0. The normalized spacial score (nSPS) is 25.0. The van der Waals surface area contributed by atoms with Gasteiger partial charge < -0.3 is 43.5 Å². The topological polar surface area (TPSA) is 152 Å². The number of aliphatic hydroxyl groups is 4. The Hall–Kier alpha value is -3.41. The summed E-state index contributed by atoms with van der Waals surface area (Å²) in [7, 11) is 1.49. The van der Waals surface area contributed by atoms with Crippen molar-refractivity contribution in [2.75, 3.05) is 13.7 Å². The molecule has 4 aromatic rings. The Morgan fingerprint density at radius 3 is 2.56 bits per heavy atom. The Morgan fingerprint density at radius 2 is 1.79 bits per heavy atom. The van der Waals surface area contributed by atoms with Crippen LogP contribution >= 0.6 is 0 Å². The smallest absolute Gasteiger partial charge is 0.229 e. The third-order valence-corrected chi connectivity index (χ3v) is 5.83. The molecular formula is C24H22O10. The maximum Gasteiger partial charge on any atom is 0.229 e. The molecule has 0 amide bonds. The standard InChI is InChI=1S/C24H22O10/c1-30-17-8-14-15(26)9-16(33-22(14)13-5-6-31-23(13)17)11-3-2-4-12(7-11)32-24-21(29)20(28)19(27)18(10-25)34-24/h2-9,18-21,24-25,27-29H,10H2,1H3/t18-,19-,20+,21-,24-/m1/s1. The van der Waals surface area contributed by atoms with Gasteiger partial charge in [0, 0.05) is 11.6 Å². The van der Waals surface area contributed by atoms with E-state index in [0.717, 1.165) is 0 Å². The van der Waals surface area contributed by atoms with Gasteiger partial charge in [0.2, 0.25) is 6.29 Å². The molecule has 178 valence electrons. The molecule has 1 aliphatic rings. The van der Waals surface area contributed by atoms with E-state index in [9.17, 15) is 25.2 Å². The first kappa shape index (κ1) is 22.4. The quantitative estimate of drug-likeness (QED) is 0.337. The Morgan fingerprint density at radius 1 is 0.971 bits per heavy atom. The van der Waals surface area contributed by atoms with Crippen molar-refractivity contribution in [1.82, 2.24) is 0 Å². The zero-order valence-corrected chi connectivity index (χ0v) is 18.0. The van der Waals surface area contributed by atoms with Crippen molar-refractivity contribution in [3.05, 3.63) is 59.0 Å². The molecule has 5 rings (SSSR count). The maximum atomic E-state index is 12.9. The van der Waals surface area contributed by atoms with Crippen molar-refractivity contribution in [3.63, 3.8) is 0 Å². The number of aliphatic hydroxyl groups excluding tert-OH is 4. The lowest BCUT2D eigenvalue weighted by atomic mass is 9.99. The van der Waals surface area contributed by atoms with E-state index in [1.165, 1.54) is 19.4 Å².